The molecule has 0 heterocycles. The van der Waals surface area contributed by atoms with Crippen LogP contribution in [-0.2, 0) is 19.1 Å². The molecule has 1 saturated carbocycles. The maximum absolute atomic E-state index is 13.1. The Bertz CT molecular complexity index is 1030. The molecule has 8 heteroatoms. The summed E-state index contributed by atoms with van der Waals surface area (Å²) in [5, 5.41) is 14.8. The number of carbonyl (C=O) groups excluding carboxylic acids is 2. The Balaban J connectivity index is 1.39. The Kier molecular flexibility index (Phi) is 7.70. The van der Waals surface area contributed by atoms with E-state index in [0.29, 0.717) is 12.8 Å². The predicted molar refractivity (Wildman–Crippen MR) is 130 cm³/mol. The molecule has 1 unspecified atom stereocenters. The summed E-state index contributed by atoms with van der Waals surface area (Å²) in [6.45, 7) is 0.309. The first kappa shape index (κ1) is 24.7. The molecule has 0 bridgehead atoms. The first-order valence-electron chi connectivity index (χ1n) is 12.1. The van der Waals surface area contributed by atoms with Crippen LogP contribution in [0.25, 0.3) is 11.1 Å². The third-order valence-electron chi connectivity index (χ3n) is 7.08. The van der Waals surface area contributed by atoms with Crippen LogP contribution in [0.3, 0.4) is 0 Å². The van der Waals surface area contributed by atoms with Gasteiger partial charge in [-0.1, -0.05) is 67.8 Å². The SMILES string of the molecule is COC(CCNC(=O)C1(NC(=O)OCC2c3ccccc3-c3ccccc32)CCCCC1)C(=O)O. The fraction of sp³-hybridized carbons (Fsp3) is 0.444. The highest BCUT2D eigenvalue weighted by molar-refractivity contribution is 5.90. The maximum atomic E-state index is 13.1. The highest BCUT2D eigenvalue weighted by atomic mass is 16.5. The monoisotopic (exact) mass is 480 g/mol. The second-order valence-electron chi connectivity index (χ2n) is 9.20. The van der Waals surface area contributed by atoms with Crippen molar-refractivity contribution in [1.82, 2.24) is 10.6 Å². The average Bonchev–Trinajstić information content (AvgIpc) is 3.19. The molecule has 8 nitrogen and oxygen atoms in total. The van der Waals surface area contributed by atoms with Crippen molar-refractivity contribution in [2.45, 2.75) is 56.1 Å². The van der Waals surface area contributed by atoms with Gasteiger partial charge in [-0.3, -0.25) is 4.79 Å². The van der Waals surface area contributed by atoms with Gasteiger partial charge in [-0.15, -0.1) is 0 Å². The minimum atomic E-state index is -1.08. The Morgan fingerprint density at radius 1 is 1.00 bits per heavy atom. The minimum absolute atomic E-state index is 0.0636. The number of carbonyl (C=O) groups is 3. The van der Waals surface area contributed by atoms with Crippen LogP contribution in [0.5, 0.6) is 0 Å². The number of alkyl carbamates (subject to hydrolysis) is 1. The van der Waals surface area contributed by atoms with E-state index in [2.05, 4.69) is 34.9 Å². The van der Waals surface area contributed by atoms with E-state index >= 15 is 0 Å². The molecule has 0 spiro atoms. The molecule has 0 aromatic heterocycles. The van der Waals surface area contributed by atoms with Gasteiger partial charge >= 0.3 is 12.1 Å². The van der Waals surface area contributed by atoms with E-state index in [1.54, 1.807) is 0 Å². The quantitative estimate of drug-likeness (QED) is 0.503. The van der Waals surface area contributed by atoms with E-state index in [1.165, 1.54) is 7.11 Å². The third kappa shape index (κ3) is 5.32. The van der Waals surface area contributed by atoms with Gasteiger partial charge < -0.3 is 25.2 Å². The highest BCUT2D eigenvalue weighted by Gasteiger charge is 2.41. The van der Waals surface area contributed by atoms with Crippen LogP contribution >= 0.6 is 0 Å². The van der Waals surface area contributed by atoms with Crippen LogP contribution in [0.15, 0.2) is 48.5 Å². The van der Waals surface area contributed by atoms with Gasteiger partial charge in [0.2, 0.25) is 5.91 Å². The smallest absolute Gasteiger partial charge is 0.408 e. The normalized spacial score (nSPS) is 17.1. The molecule has 4 rings (SSSR count). The summed E-state index contributed by atoms with van der Waals surface area (Å²) in [6, 6.07) is 16.2. The van der Waals surface area contributed by atoms with Crippen LogP contribution < -0.4 is 10.6 Å². The highest BCUT2D eigenvalue weighted by Crippen LogP contribution is 2.44. The Hall–Kier alpha value is -3.39. The lowest BCUT2D eigenvalue weighted by atomic mass is 9.81. The number of aliphatic carboxylic acids is 1. The van der Waals surface area contributed by atoms with E-state index in [9.17, 15) is 14.4 Å². The van der Waals surface area contributed by atoms with E-state index in [1.807, 2.05) is 24.3 Å². The number of carboxylic acid groups (broad SMARTS) is 1. The summed E-state index contributed by atoms with van der Waals surface area (Å²) in [4.78, 5) is 37.2. The maximum Gasteiger partial charge on any atom is 0.408 e. The van der Waals surface area contributed by atoms with Crippen LogP contribution in [0, 0.1) is 0 Å². The van der Waals surface area contributed by atoms with Crippen LogP contribution in [0.1, 0.15) is 55.6 Å². The van der Waals surface area contributed by atoms with Crippen molar-refractivity contribution >= 4 is 18.0 Å². The van der Waals surface area contributed by atoms with Crippen molar-refractivity contribution in [3.63, 3.8) is 0 Å². The van der Waals surface area contributed by atoms with E-state index < -0.39 is 23.7 Å². The second-order valence-corrected chi connectivity index (χ2v) is 9.20. The molecule has 2 aliphatic rings. The van der Waals surface area contributed by atoms with Gasteiger partial charge in [0.05, 0.1) is 0 Å². The molecule has 2 aromatic carbocycles. The van der Waals surface area contributed by atoms with E-state index in [-0.39, 0.29) is 31.4 Å². The lowest BCUT2D eigenvalue weighted by Gasteiger charge is -2.36. The van der Waals surface area contributed by atoms with E-state index in [4.69, 9.17) is 14.6 Å². The summed E-state index contributed by atoms with van der Waals surface area (Å²) in [5.41, 5.74) is 3.48. The zero-order valence-electron chi connectivity index (χ0n) is 19.9. The molecule has 186 valence electrons. The number of carboxylic acids is 1. The number of fused-ring (bicyclic) bond motifs is 3. The Labute approximate surface area is 205 Å². The molecular weight excluding hydrogens is 448 g/mol. The summed E-state index contributed by atoms with van der Waals surface area (Å²) in [7, 11) is 1.32. The van der Waals surface area contributed by atoms with Gasteiger partial charge in [-0.2, -0.15) is 0 Å². The number of methoxy groups -OCH3 is 1. The summed E-state index contributed by atoms with van der Waals surface area (Å²) < 4.78 is 10.6. The van der Waals surface area contributed by atoms with Crippen molar-refractivity contribution < 1.29 is 29.0 Å². The van der Waals surface area contributed by atoms with Crippen LogP contribution in [0.2, 0.25) is 0 Å². The van der Waals surface area contributed by atoms with Crippen molar-refractivity contribution in [3.8, 4) is 11.1 Å². The van der Waals surface area contributed by atoms with Crippen molar-refractivity contribution in [2.75, 3.05) is 20.3 Å². The fourth-order valence-corrected chi connectivity index (χ4v) is 5.22. The lowest BCUT2D eigenvalue weighted by molar-refractivity contribution is -0.149. The molecule has 2 aromatic rings. The first-order valence-corrected chi connectivity index (χ1v) is 12.1. The van der Waals surface area contributed by atoms with Gasteiger partial charge in [0.25, 0.3) is 0 Å². The molecule has 3 N–H and O–H groups in total. The van der Waals surface area contributed by atoms with Crippen LogP contribution in [0.4, 0.5) is 4.79 Å². The Morgan fingerprint density at radius 3 is 2.17 bits per heavy atom. The number of ether oxygens (including phenoxy) is 2. The standard InChI is InChI=1S/C27H32N2O6/c1-34-23(24(30)31)13-16-28-25(32)27(14-7-2-8-15-27)29-26(33)35-17-22-20-11-5-3-9-18(20)19-10-4-6-12-21(19)22/h3-6,9-12,22-23H,2,7-8,13-17H2,1H3,(H,28,32)(H,29,33)(H,30,31). The molecule has 2 aliphatic carbocycles. The van der Waals surface area contributed by atoms with Gasteiger partial charge in [-0.05, 0) is 35.1 Å². The molecule has 35 heavy (non-hydrogen) atoms. The molecule has 1 atom stereocenters. The molecule has 2 amide bonds. The Morgan fingerprint density at radius 2 is 1.60 bits per heavy atom. The first-order chi connectivity index (χ1) is 16.9. The zero-order chi connectivity index (χ0) is 24.8. The van der Waals surface area contributed by atoms with E-state index in [0.717, 1.165) is 41.5 Å². The number of nitrogens with one attached hydrogen (secondary N) is 2. The summed E-state index contributed by atoms with van der Waals surface area (Å²) >= 11 is 0. The number of rotatable bonds is 9. The zero-order valence-corrected chi connectivity index (χ0v) is 19.9. The van der Waals surface area contributed by atoms with Crippen molar-refractivity contribution in [2.24, 2.45) is 0 Å². The van der Waals surface area contributed by atoms with Gasteiger partial charge in [-0.25, -0.2) is 9.59 Å². The number of hydrogen-bond donors (Lipinski definition) is 3. The van der Waals surface area contributed by atoms with Crippen molar-refractivity contribution in [1.29, 1.82) is 0 Å². The van der Waals surface area contributed by atoms with Gasteiger partial charge in [0.15, 0.2) is 6.10 Å². The van der Waals surface area contributed by atoms with Crippen molar-refractivity contribution in [3.05, 3.63) is 59.7 Å². The van der Waals surface area contributed by atoms with Crippen LogP contribution in [-0.4, -0.2) is 55.0 Å². The topological polar surface area (TPSA) is 114 Å². The largest absolute Gasteiger partial charge is 0.479 e. The molecular formula is C27H32N2O6. The van der Waals surface area contributed by atoms with Gasteiger partial charge in [0.1, 0.15) is 12.1 Å². The van der Waals surface area contributed by atoms with Gasteiger partial charge in [0, 0.05) is 26.0 Å². The fourth-order valence-electron chi connectivity index (χ4n) is 5.22. The summed E-state index contributed by atoms with van der Waals surface area (Å²) in [5.74, 6) is -1.46. The minimum Gasteiger partial charge on any atom is -0.479 e. The second kappa shape index (κ2) is 10.9. The molecule has 1 fully saturated rings. The number of hydrogen-bond acceptors (Lipinski definition) is 5. The molecule has 0 saturated heterocycles. The lowest BCUT2D eigenvalue weighted by Crippen LogP contribution is -2.60. The molecule has 0 radical (unpaired) electrons. The molecule has 0 aliphatic heterocycles. The predicted octanol–water partition coefficient (Wildman–Crippen LogP) is 3.83. The number of benzene rings is 2. The average molecular weight is 481 g/mol. The summed E-state index contributed by atoms with van der Waals surface area (Å²) in [6.07, 6.45) is 2.16. The number of amides is 2. The third-order valence-corrected chi connectivity index (χ3v) is 7.08.